The molecule has 1 heterocycles. The Morgan fingerprint density at radius 1 is 1.64 bits per heavy atom. The first-order chi connectivity index (χ1) is 6.54. The molecule has 0 N–H and O–H groups in total. The molecular formula is C9H8FNO3. The monoisotopic (exact) mass is 197 g/mol. The lowest BCUT2D eigenvalue weighted by Gasteiger charge is -2.03. The number of rotatable bonds is 2. The lowest BCUT2D eigenvalue weighted by molar-refractivity contribution is -0.385. The molecule has 0 spiro atoms. The first-order valence-corrected chi connectivity index (χ1v) is 4.11. The first-order valence-electron chi connectivity index (χ1n) is 4.11. The number of nitrogens with zero attached hydrogens (tertiary/aromatic N) is 1. The molecule has 4 nitrogen and oxygen atoms in total. The molecule has 0 aromatic heterocycles. The van der Waals surface area contributed by atoms with Crippen LogP contribution in [0.4, 0.5) is 10.1 Å². The highest BCUT2D eigenvalue weighted by Crippen LogP contribution is 2.47. The van der Waals surface area contributed by atoms with Crippen LogP contribution in [0.2, 0.25) is 0 Å². The normalized spacial score (nSPS) is 30.0. The van der Waals surface area contributed by atoms with Crippen molar-refractivity contribution < 1.29 is 14.1 Å². The smallest absolute Gasteiger partial charge is 0.269 e. The summed E-state index contributed by atoms with van der Waals surface area (Å²) in [6.45, 7) is 1.57. The number of benzene rings is 1. The Bertz CT molecular complexity index is 395. The molecule has 1 aromatic carbocycles. The predicted octanol–water partition coefficient (Wildman–Crippen LogP) is 2.14. The van der Waals surface area contributed by atoms with Crippen LogP contribution in [0.25, 0.3) is 0 Å². The Balaban J connectivity index is 2.37. The van der Waals surface area contributed by atoms with E-state index in [-0.39, 0.29) is 5.69 Å². The molecule has 0 radical (unpaired) electrons. The van der Waals surface area contributed by atoms with Gasteiger partial charge in [0, 0.05) is 12.1 Å². The third-order valence-corrected chi connectivity index (χ3v) is 2.35. The van der Waals surface area contributed by atoms with Crippen LogP contribution in [-0.2, 0) is 10.3 Å². The molecule has 2 unspecified atom stereocenters. The van der Waals surface area contributed by atoms with Crippen LogP contribution in [0.5, 0.6) is 0 Å². The lowest BCUT2D eigenvalue weighted by atomic mass is 10.0. The third-order valence-electron chi connectivity index (χ3n) is 2.35. The molecule has 0 saturated carbocycles. The Morgan fingerprint density at radius 3 is 2.79 bits per heavy atom. The topological polar surface area (TPSA) is 55.7 Å². The SMILES string of the molecule is CC1(c2cccc([N+](=O)[O-])c2)OC1F. The van der Waals surface area contributed by atoms with Gasteiger partial charge in [0.1, 0.15) is 5.60 Å². The van der Waals surface area contributed by atoms with Crippen molar-refractivity contribution in [1.29, 1.82) is 0 Å². The van der Waals surface area contributed by atoms with E-state index in [1.807, 2.05) is 0 Å². The maximum absolute atomic E-state index is 12.8. The Labute approximate surface area is 79.5 Å². The van der Waals surface area contributed by atoms with Gasteiger partial charge in [0.05, 0.1) is 4.92 Å². The van der Waals surface area contributed by atoms with Crippen molar-refractivity contribution in [2.45, 2.75) is 18.9 Å². The average Bonchev–Trinajstić information content (AvgIpc) is 2.76. The van der Waals surface area contributed by atoms with Crippen molar-refractivity contribution in [1.82, 2.24) is 0 Å². The fraction of sp³-hybridized carbons (Fsp3) is 0.333. The van der Waals surface area contributed by atoms with Crippen LogP contribution in [0.1, 0.15) is 12.5 Å². The minimum absolute atomic E-state index is 0.0496. The van der Waals surface area contributed by atoms with Crippen LogP contribution in [-0.4, -0.2) is 11.3 Å². The summed E-state index contributed by atoms with van der Waals surface area (Å²) in [7, 11) is 0. The van der Waals surface area contributed by atoms with Gasteiger partial charge in [-0.3, -0.25) is 10.1 Å². The molecule has 1 aliphatic rings. The molecule has 74 valence electrons. The van der Waals surface area contributed by atoms with E-state index in [1.54, 1.807) is 13.0 Å². The van der Waals surface area contributed by atoms with E-state index >= 15 is 0 Å². The van der Waals surface area contributed by atoms with E-state index in [0.29, 0.717) is 5.56 Å². The number of halogens is 1. The fourth-order valence-corrected chi connectivity index (χ4v) is 1.31. The Kier molecular flexibility index (Phi) is 1.78. The fourth-order valence-electron chi connectivity index (χ4n) is 1.31. The zero-order valence-corrected chi connectivity index (χ0v) is 7.44. The zero-order chi connectivity index (χ0) is 10.3. The maximum atomic E-state index is 12.8. The van der Waals surface area contributed by atoms with Gasteiger partial charge in [-0.05, 0) is 12.5 Å². The van der Waals surface area contributed by atoms with Crippen LogP contribution in [0.15, 0.2) is 24.3 Å². The molecule has 1 fully saturated rings. The van der Waals surface area contributed by atoms with Crippen molar-refractivity contribution in [3.05, 3.63) is 39.9 Å². The van der Waals surface area contributed by atoms with Gasteiger partial charge in [0.2, 0.25) is 6.36 Å². The summed E-state index contributed by atoms with van der Waals surface area (Å²) >= 11 is 0. The van der Waals surface area contributed by atoms with Gasteiger partial charge in [-0.15, -0.1) is 0 Å². The molecule has 0 amide bonds. The average molecular weight is 197 g/mol. The van der Waals surface area contributed by atoms with E-state index in [1.165, 1.54) is 18.2 Å². The van der Waals surface area contributed by atoms with E-state index in [9.17, 15) is 14.5 Å². The number of hydrogen-bond donors (Lipinski definition) is 0. The van der Waals surface area contributed by atoms with Gasteiger partial charge in [-0.1, -0.05) is 12.1 Å². The minimum atomic E-state index is -1.36. The molecule has 1 saturated heterocycles. The van der Waals surface area contributed by atoms with Gasteiger partial charge < -0.3 is 4.74 Å². The number of ether oxygens (including phenoxy) is 1. The van der Waals surface area contributed by atoms with Crippen LogP contribution in [0, 0.1) is 10.1 Å². The Morgan fingerprint density at radius 2 is 2.29 bits per heavy atom. The highest BCUT2D eigenvalue weighted by atomic mass is 19.2. The number of nitro groups is 1. The van der Waals surface area contributed by atoms with Gasteiger partial charge in [0.25, 0.3) is 5.69 Å². The number of hydrogen-bond acceptors (Lipinski definition) is 3. The van der Waals surface area contributed by atoms with E-state index in [4.69, 9.17) is 4.74 Å². The second kappa shape index (κ2) is 2.75. The van der Waals surface area contributed by atoms with Crippen molar-refractivity contribution in [2.24, 2.45) is 0 Å². The molecule has 1 aromatic rings. The number of alkyl halides is 1. The third kappa shape index (κ3) is 1.26. The van der Waals surface area contributed by atoms with Crippen molar-refractivity contribution in [3.8, 4) is 0 Å². The van der Waals surface area contributed by atoms with Gasteiger partial charge in [-0.2, -0.15) is 0 Å². The predicted molar refractivity (Wildman–Crippen MR) is 46.4 cm³/mol. The minimum Gasteiger partial charge on any atom is -0.329 e. The quantitative estimate of drug-likeness (QED) is 0.414. The molecule has 14 heavy (non-hydrogen) atoms. The Hall–Kier alpha value is -1.49. The second-order valence-corrected chi connectivity index (χ2v) is 3.35. The number of non-ortho nitro benzene ring substituents is 1. The second-order valence-electron chi connectivity index (χ2n) is 3.35. The van der Waals surface area contributed by atoms with Crippen LogP contribution < -0.4 is 0 Å². The van der Waals surface area contributed by atoms with E-state index < -0.39 is 16.9 Å². The lowest BCUT2D eigenvalue weighted by Crippen LogP contribution is -2.05. The number of epoxide rings is 1. The van der Waals surface area contributed by atoms with Gasteiger partial charge in [-0.25, -0.2) is 4.39 Å². The molecular weight excluding hydrogens is 189 g/mol. The molecule has 5 heteroatoms. The summed E-state index contributed by atoms with van der Waals surface area (Å²) in [5.41, 5.74) is -0.544. The van der Waals surface area contributed by atoms with E-state index in [2.05, 4.69) is 0 Å². The van der Waals surface area contributed by atoms with Crippen molar-refractivity contribution in [3.63, 3.8) is 0 Å². The van der Waals surface area contributed by atoms with Gasteiger partial charge >= 0.3 is 0 Å². The van der Waals surface area contributed by atoms with Crippen molar-refractivity contribution in [2.75, 3.05) is 0 Å². The molecule has 2 rings (SSSR count). The summed E-state index contributed by atoms with van der Waals surface area (Å²) in [5.74, 6) is 0. The summed E-state index contributed by atoms with van der Waals surface area (Å²) < 4.78 is 17.5. The van der Waals surface area contributed by atoms with Crippen molar-refractivity contribution >= 4 is 5.69 Å². The standard InChI is InChI=1S/C9H8FNO3/c1-9(8(10)14-9)6-3-2-4-7(5-6)11(12)13/h2-5,8H,1H3. The van der Waals surface area contributed by atoms with Crippen LogP contribution >= 0.6 is 0 Å². The largest absolute Gasteiger partial charge is 0.329 e. The highest BCUT2D eigenvalue weighted by Gasteiger charge is 2.55. The highest BCUT2D eigenvalue weighted by molar-refractivity contribution is 5.39. The number of nitro benzene ring substituents is 1. The zero-order valence-electron chi connectivity index (χ0n) is 7.44. The first kappa shape index (κ1) is 9.08. The van der Waals surface area contributed by atoms with E-state index in [0.717, 1.165) is 0 Å². The summed E-state index contributed by atoms with van der Waals surface area (Å²) in [6.07, 6.45) is -1.36. The maximum Gasteiger partial charge on any atom is 0.269 e. The van der Waals surface area contributed by atoms with Crippen LogP contribution in [0.3, 0.4) is 0 Å². The molecule has 0 bridgehead atoms. The van der Waals surface area contributed by atoms with Gasteiger partial charge in [0.15, 0.2) is 0 Å². The summed E-state index contributed by atoms with van der Waals surface area (Å²) in [4.78, 5) is 9.94. The molecule has 0 aliphatic carbocycles. The summed E-state index contributed by atoms with van der Waals surface area (Å²) in [5, 5.41) is 10.5. The molecule has 2 atom stereocenters. The summed E-state index contributed by atoms with van der Waals surface area (Å²) in [6, 6.07) is 5.84. The molecule has 1 aliphatic heterocycles.